The SMILES string of the molecule is N=C(N)NCC(C[C@H](N)C(=O)Nc1ccc([N+](=O)[O-])cc1)C(=O)OCc1ccccc1. The fraction of sp³-hybridized carbons (Fsp3) is 0.250. The van der Waals surface area contributed by atoms with E-state index in [-0.39, 0.29) is 31.2 Å². The summed E-state index contributed by atoms with van der Waals surface area (Å²) in [4.78, 5) is 35.1. The Hall–Kier alpha value is -3.99. The van der Waals surface area contributed by atoms with Gasteiger partial charge in [0.05, 0.1) is 16.9 Å². The number of nitrogens with zero attached hydrogens (tertiary/aromatic N) is 1. The van der Waals surface area contributed by atoms with Gasteiger partial charge in [-0.1, -0.05) is 30.3 Å². The lowest BCUT2D eigenvalue weighted by atomic mass is 9.99. The summed E-state index contributed by atoms with van der Waals surface area (Å²) in [6.07, 6.45) is -0.0628. The molecule has 0 heterocycles. The van der Waals surface area contributed by atoms with Gasteiger partial charge < -0.3 is 26.8 Å². The predicted molar refractivity (Wildman–Crippen MR) is 114 cm³/mol. The van der Waals surface area contributed by atoms with Crippen molar-refractivity contribution in [2.24, 2.45) is 17.4 Å². The van der Waals surface area contributed by atoms with E-state index in [1.165, 1.54) is 24.3 Å². The Labute approximate surface area is 178 Å². The number of anilines is 1. The summed E-state index contributed by atoms with van der Waals surface area (Å²) < 4.78 is 5.32. The number of non-ortho nitro benzene ring substituents is 1. The number of hydrogen-bond acceptors (Lipinski definition) is 7. The first-order chi connectivity index (χ1) is 14.8. The van der Waals surface area contributed by atoms with E-state index < -0.39 is 28.8 Å². The number of carbonyl (C=O) groups is 2. The van der Waals surface area contributed by atoms with Crippen molar-refractivity contribution in [3.8, 4) is 0 Å². The molecule has 0 aromatic heterocycles. The molecule has 2 rings (SSSR count). The van der Waals surface area contributed by atoms with Crippen LogP contribution in [0.4, 0.5) is 11.4 Å². The summed E-state index contributed by atoms with van der Waals surface area (Å²) >= 11 is 0. The molecular weight excluding hydrogens is 404 g/mol. The molecule has 0 aliphatic heterocycles. The average molecular weight is 428 g/mol. The fourth-order valence-electron chi connectivity index (χ4n) is 2.66. The summed E-state index contributed by atoms with van der Waals surface area (Å²) in [6.45, 7) is 0.0297. The summed E-state index contributed by atoms with van der Waals surface area (Å²) in [5.41, 5.74) is 12.3. The molecule has 31 heavy (non-hydrogen) atoms. The zero-order valence-electron chi connectivity index (χ0n) is 16.6. The molecular formula is C20H24N6O5. The normalized spacial score (nSPS) is 12.3. The number of benzene rings is 2. The lowest BCUT2D eigenvalue weighted by Gasteiger charge is -2.20. The second kappa shape index (κ2) is 11.3. The van der Waals surface area contributed by atoms with Crippen molar-refractivity contribution >= 4 is 29.2 Å². The number of nitro groups is 1. The highest BCUT2D eigenvalue weighted by atomic mass is 16.6. The Balaban J connectivity index is 1.97. The van der Waals surface area contributed by atoms with Gasteiger partial charge in [-0.25, -0.2) is 0 Å². The number of nitrogens with one attached hydrogen (secondary N) is 3. The maximum atomic E-state index is 12.5. The van der Waals surface area contributed by atoms with Gasteiger partial charge in [-0.15, -0.1) is 0 Å². The highest BCUT2D eigenvalue weighted by Gasteiger charge is 2.26. The van der Waals surface area contributed by atoms with Gasteiger partial charge in [0.2, 0.25) is 5.91 Å². The molecule has 0 bridgehead atoms. The highest BCUT2D eigenvalue weighted by Crippen LogP contribution is 2.16. The number of esters is 1. The Morgan fingerprint density at radius 3 is 2.35 bits per heavy atom. The molecule has 164 valence electrons. The molecule has 2 aromatic carbocycles. The Morgan fingerprint density at radius 1 is 1.13 bits per heavy atom. The second-order valence-electron chi connectivity index (χ2n) is 6.72. The molecule has 0 spiro atoms. The van der Waals surface area contributed by atoms with Gasteiger partial charge in [0.25, 0.3) is 5.69 Å². The third kappa shape index (κ3) is 7.74. The van der Waals surface area contributed by atoms with E-state index in [1.807, 2.05) is 18.2 Å². The highest BCUT2D eigenvalue weighted by molar-refractivity contribution is 5.95. The third-order valence-electron chi connectivity index (χ3n) is 4.32. The number of carbonyl (C=O) groups excluding carboxylic acids is 2. The molecule has 2 aromatic rings. The summed E-state index contributed by atoms with van der Waals surface area (Å²) in [7, 11) is 0. The molecule has 1 amide bonds. The van der Waals surface area contributed by atoms with Crippen LogP contribution in [0.5, 0.6) is 0 Å². The van der Waals surface area contributed by atoms with Crippen LogP contribution >= 0.6 is 0 Å². The van der Waals surface area contributed by atoms with E-state index in [9.17, 15) is 19.7 Å². The summed E-state index contributed by atoms with van der Waals surface area (Å²) in [5, 5.41) is 23.1. The fourth-order valence-corrected chi connectivity index (χ4v) is 2.66. The molecule has 0 saturated carbocycles. The summed E-state index contributed by atoms with van der Waals surface area (Å²) in [6, 6.07) is 13.3. The molecule has 11 heteroatoms. The van der Waals surface area contributed by atoms with E-state index in [4.69, 9.17) is 21.6 Å². The van der Waals surface area contributed by atoms with E-state index in [1.54, 1.807) is 12.1 Å². The first-order valence-corrected chi connectivity index (χ1v) is 9.35. The minimum Gasteiger partial charge on any atom is -0.461 e. The van der Waals surface area contributed by atoms with Crippen molar-refractivity contribution < 1.29 is 19.2 Å². The number of ether oxygens (including phenoxy) is 1. The molecule has 0 saturated heterocycles. The Bertz CT molecular complexity index is 919. The smallest absolute Gasteiger partial charge is 0.311 e. The summed E-state index contributed by atoms with van der Waals surface area (Å²) in [5.74, 6) is -2.32. The molecule has 0 aliphatic rings. The Morgan fingerprint density at radius 2 is 1.77 bits per heavy atom. The van der Waals surface area contributed by atoms with Crippen LogP contribution in [0.15, 0.2) is 54.6 Å². The van der Waals surface area contributed by atoms with Crippen LogP contribution < -0.4 is 22.1 Å². The van der Waals surface area contributed by atoms with Crippen LogP contribution in [-0.4, -0.2) is 35.3 Å². The number of nitro benzene ring substituents is 1. The van der Waals surface area contributed by atoms with E-state index in [0.717, 1.165) is 5.56 Å². The van der Waals surface area contributed by atoms with Gasteiger partial charge in [0.15, 0.2) is 5.96 Å². The topological polar surface area (TPSA) is 186 Å². The molecule has 7 N–H and O–H groups in total. The van der Waals surface area contributed by atoms with E-state index in [0.29, 0.717) is 5.69 Å². The van der Waals surface area contributed by atoms with E-state index in [2.05, 4.69) is 10.6 Å². The Kier molecular flexibility index (Phi) is 8.46. The van der Waals surface area contributed by atoms with Crippen LogP contribution in [0.3, 0.4) is 0 Å². The number of amides is 1. The van der Waals surface area contributed by atoms with Crippen LogP contribution in [-0.2, 0) is 20.9 Å². The minimum atomic E-state index is -1.07. The van der Waals surface area contributed by atoms with Gasteiger partial charge in [0.1, 0.15) is 6.61 Å². The number of nitrogens with two attached hydrogens (primary N) is 2. The lowest BCUT2D eigenvalue weighted by molar-refractivity contribution is -0.384. The lowest BCUT2D eigenvalue weighted by Crippen LogP contribution is -2.43. The van der Waals surface area contributed by atoms with Crippen LogP contribution in [0.1, 0.15) is 12.0 Å². The van der Waals surface area contributed by atoms with Crippen molar-refractivity contribution in [2.75, 3.05) is 11.9 Å². The molecule has 0 aliphatic carbocycles. The molecule has 0 radical (unpaired) electrons. The maximum absolute atomic E-state index is 12.5. The monoisotopic (exact) mass is 428 g/mol. The molecule has 1 unspecified atom stereocenters. The number of hydrogen-bond donors (Lipinski definition) is 5. The quantitative estimate of drug-likeness (QED) is 0.122. The molecule has 11 nitrogen and oxygen atoms in total. The van der Waals surface area contributed by atoms with Crippen molar-refractivity contribution in [1.82, 2.24) is 5.32 Å². The van der Waals surface area contributed by atoms with Gasteiger partial charge in [-0.05, 0) is 24.1 Å². The van der Waals surface area contributed by atoms with Crippen molar-refractivity contribution in [3.63, 3.8) is 0 Å². The molecule has 0 fully saturated rings. The van der Waals surface area contributed by atoms with E-state index >= 15 is 0 Å². The predicted octanol–water partition coefficient (Wildman–Crippen LogP) is 1.09. The minimum absolute atomic E-state index is 0.0263. The second-order valence-corrected chi connectivity index (χ2v) is 6.72. The van der Waals surface area contributed by atoms with Crippen molar-refractivity contribution in [2.45, 2.75) is 19.1 Å². The first kappa shape index (κ1) is 23.3. The van der Waals surface area contributed by atoms with Crippen molar-refractivity contribution in [1.29, 1.82) is 5.41 Å². The largest absolute Gasteiger partial charge is 0.461 e. The van der Waals surface area contributed by atoms with Gasteiger partial charge in [-0.2, -0.15) is 0 Å². The van der Waals surface area contributed by atoms with Gasteiger partial charge in [0, 0.05) is 24.4 Å². The first-order valence-electron chi connectivity index (χ1n) is 9.35. The third-order valence-corrected chi connectivity index (χ3v) is 4.32. The van der Waals surface area contributed by atoms with Crippen LogP contribution in [0.25, 0.3) is 0 Å². The molecule has 2 atom stereocenters. The zero-order valence-corrected chi connectivity index (χ0v) is 16.6. The van der Waals surface area contributed by atoms with Crippen LogP contribution in [0.2, 0.25) is 0 Å². The van der Waals surface area contributed by atoms with Crippen molar-refractivity contribution in [3.05, 3.63) is 70.3 Å². The number of rotatable bonds is 10. The zero-order chi connectivity index (χ0) is 22.8. The number of guanidine groups is 1. The van der Waals surface area contributed by atoms with Gasteiger partial charge >= 0.3 is 5.97 Å². The average Bonchev–Trinajstić information content (AvgIpc) is 2.75. The maximum Gasteiger partial charge on any atom is 0.311 e. The van der Waals surface area contributed by atoms with Gasteiger partial charge in [-0.3, -0.25) is 25.1 Å². The van der Waals surface area contributed by atoms with Crippen LogP contribution in [0, 0.1) is 21.4 Å². The standard InChI is InChI=1S/C20H24N6O5/c21-17(18(27)25-15-6-8-16(9-7-15)26(29)30)10-14(11-24-20(22)23)19(28)31-12-13-4-2-1-3-5-13/h1-9,14,17H,10-12,21H2,(H,25,27)(H4,22,23,24)/t14?,17-/m0/s1.